The molecule has 3 aromatic carbocycles. The summed E-state index contributed by atoms with van der Waals surface area (Å²) in [4.78, 5) is 5.43. The number of hydrogen-bond acceptors (Lipinski definition) is 2. The van der Waals surface area contributed by atoms with Crippen molar-refractivity contribution in [3.05, 3.63) is 136 Å². The maximum absolute atomic E-state index is 2.67. The standard InChI is InChI=1S/C56H77N2S/c1-7-9-11-13-15-17-19-28-43-57-50-37-26-24-35-48(50)55(3,4)52(57)41-39-45-31-30-32-46(54(45)59-47-33-22-21-23-34-47)40-42-53-56(5,6)49-36-25-27-38-51(49)58(53)44-29-20-18-16-14-12-10-8-2/h21-27,33-42H,7-20,28-32,43-44H2,1-6H3/q+1. The van der Waals surface area contributed by atoms with Crippen LogP contribution in [0.3, 0.4) is 0 Å². The molecule has 2 aliphatic heterocycles. The first-order chi connectivity index (χ1) is 28.8. The largest absolute Gasteiger partial charge is 0.344 e. The molecule has 0 saturated heterocycles. The first kappa shape index (κ1) is 45.0. The Balaban J connectivity index is 1.29. The van der Waals surface area contributed by atoms with Crippen LogP contribution in [-0.2, 0) is 10.8 Å². The highest BCUT2D eigenvalue weighted by Gasteiger charge is 2.44. The fraction of sp³-hybridized carbons (Fsp3) is 0.518. The fourth-order valence-electron chi connectivity index (χ4n) is 9.89. The summed E-state index contributed by atoms with van der Waals surface area (Å²) in [5, 5.41) is 0. The van der Waals surface area contributed by atoms with Gasteiger partial charge in [-0.05, 0) is 86.9 Å². The Hall–Kier alpha value is -3.56. The van der Waals surface area contributed by atoms with E-state index in [1.165, 1.54) is 164 Å². The molecule has 1 aliphatic carbocycles. The molecular formula is C56H77N2S+. The van der Waals surface area contributed by atoms with Crippen molar-refractivity contribution in [2.24, 2.45) is 0 Å². The highest BCUT2D eigenvalue weighted by atomic mass is 32.2. The van der Waals surface area contributed by atoms with Crippen LogP contribution in [0, 0.1) is 0 Å². The molecule has 3 heteroatoms. The lowest BCUT2D eigenvalue weighted by Gasteiger charge is -2.27. The molecule has 6 rings (SSSR count). The van der Waals surface area contributed by atoms with E-state index in [-0.39, 0.29) is 10.8 Å². The van der Waals surface area contributed by atoms with Gasteiger partial charge < -0.3 is 4.90 Å². The van der Waals surface area contributed by atoms with Gasteiger partial charge in [0.2, 0.25) is 5.69 Å². The van der Waals surface area contributed by atoms with Crippen molar-refractivity contribution in [3.8, 4) is 0 Å². The molecule has 3 aliphatic rings. The number of para-hydroxylation sites is 2. The molecule has 0 fully saturated rings. The van der Waals surface area contributed by atoms with E-state index in [0.717, 1.165) is 25.9 Å². The molecule has 0 saturated carbocycles. The first-order valence-electron chi connectivity index (χ1n) is 23.9. The Morgan fingerprint density at radius 3 is 1.88 bits per heavy atom. The number of fused-ring (bicyclic) bond motifs is 2. The zero-order valence-corrected chi connectivity index (χ0v) is 38.8. The van der Waals surface area contributed by atoms with Crippen molar-refractivity contribution in [2.45, 2.75) is 179 Å². The summed E-state index contributed by atoms with van der Waals surface area (Å²) < 4.78 is 2.67. The number of allylic oxidation sites excluding steroid dienone is 7. The predicted octanol–water partition coefficient (Wildman–Crippen LogP) is 16.7. The van der Waals surface area contributed by atoms with Gasteiger partial charge in [0, 0.05) is 57.3 Å². The van der Waals surface area contributed by atoms with Crippen molar-refractivity contribution in [1.29, 1.82) is 0 Å². The maximum atomic E-state index is 2.67. The van der Waals surface area contributed by atoms with Gasteiger partial charge in [-0.15, -0.1) is 0 Å². The fourth-order valence-corrected chi connectivity index (χ4v) is 11.0. The third kappa shape index (κ3) is 11.4. The van der Waals surface area contributed by atoms with Crippen LogP contribution in [0.15, 0.2) is 130 Å². The Morgan fingerprint density at radius 1 is 0.593 bits per heavy atom. The van der Waals surface area contributed by atoms with E-state index in [1.807, 2.05) is 11.8 Å². The van der Waals surface area contributed by atoms with Gasteiger partial charge in [-0.1, -0.05) is 190 Å². The highest BCUT2D eigenvalue weighted by molar-refractivity contribution is 8.03. The second kappa shape index (κ2) is 22.3. The second-order valence-electron chi connectivity index (χ2n) is 18.6. The van der Waals surface area contributed by atoms with Crippen LogP contribution in [0.2, 0.25) is 0 Å². The van der Waals surface area contributed by atoms with Gasteiger partial charge in [0.15, 0.2) is 5.71 Å². The zero-order chi connectivity index (χ0) is 41.5. The molecule has 0 radical (unpaired) electrons. The molecule has 0 unspecified atom stereocenters. The van der Waals surface area contributed by atoms with Crippen LogP contribution in [0.5, 0.6) is 0 Å². The summed E-state index contributed by atoms with van der Waals surface area (Å²) in [6.45, 7) is 16.5. The van der Waals surface area contributed by atoms with Gasteiger partial charge in [-0.25, -0.2) is 0 Å². The summed E-state index contributed by atoms with van der Waals surface area (Å²) in [6, 6.07) is 29.4. The van der Waals surface area contributed by atoms with Crippen LogP contribution in [0.1, 0.15) is 175 Å². The van der Waals surface area contributed by atoms with E-state index in [2.05, 4.69) is 154 Å². The van der Waals surface area contributed by atoms with E-state index < -0.39 is 0 Å². The second-order valence-corrected chi connectivity index (χ2v) is 19.7. The summed E-state index contributed by atoms with van der Waals surface area (Å²) in [5.74, 6) is 0. The summed E-state index contributed by atoms with van der Waals surface area (Å²) in [7, 11) is 0. The lowest BCUT2D eigenvalue weighted by Crippen LogP contribution is -2.28. The average molecular weight is 810 g/mol. The highest BCUT2D eigenvalue weighted by Crippen LogP contribution is 2.49. The van der Waals surface area contributed by atoms with Crippen molar-refractivity contribution in [2.75, 3.05) is 18.0 Å². The molecule has 59 heavy (non-hydrogen) atoms. The average Bonchev–Trinajstić information content (AvgIpc) is 3.60. The molecule has 2 nitrogen and oxygen atoms in total. The minimum Gasteiger partial charge on any atom is -0.344 e. The van der Waals surface area contributed by atoms with E-state index in [4.69, 9.17) is 0 Å². The Morgan fingerprint density at radius 2 is 1.19 bits per heavy atom. The first-order valence-corrected chi connectivity index (χ1v) is 24.8. The summed E-state index contributed by atoms with van der Waals surface area (Å²) >= 11 is 1.97. The maximum Gasteiger partial charge on any atom is 0.209 e. The minimum absolute atomic E-state index is 0.0418. The van der Waals surface area contributed by atoms with Gasteiger partial charge in [-0.3, -0.25) is 0 Å². The van der Waals surface area contributed by atoms with Crippen LogP contribution in [-0.4, -0.2) is 23.4 Å². The molecule has 0 aromatic heterocycles. The summed E-state index contributed by atoms with van der Waals surface area (Å²) in [6.07, 6.45) is 35.0. The lowest BCUT2D eigenvalue weighted by atomic mass is 9.81. The molecule has 2 heterocycles. The van der Waals surface area contributed by atoms with Gasteiger partial charge in [-0.2, -0.15) is 4.58 Å². The van der Waals surface area contributed by atoms with Crippen LogP contribution in [0.25, 0.3) is 0 Å². The molecule has 316 valence electrons. The topological polar surface area (TPSA) is 6.25 Å². The van der Waals surface area contributed by atoms with Crippen LogP contribution < -0.4 is 4.90 Å². The van der Waals surface area contributed by atoms with Gasteiger partial charge >= 0.3 is 0 Å². The van der Waals surface area contributed by atoms with E-state index >= 15 is 0 Å². The monoisotopic (exact) mass is 810 g/mol. The molecule has 0 atom stereocenters. The third-order valence-corrected chi connectivity index (χ3v) is 14.6. The number of unbranched alkanes of at least 4 members (excludes halogenated alkanes) is 14. The number of nitrogens with zero attached hydrogens (tertiary/aromatic N) is 2. The van der Waals surface area contributed by atoms with Gasteiger partial charge in [0.1, 0.15) is 6.54 Å². The smallest absolute Gasteiger partial charge is 0.209 e. The SMILES string of the molecule is CCCCCCCCCCN1/C(=C/C=C2\CCCC(/C=C/C3=[N+](CCCCCCCCCC)c4ccccc4C3(C)C)=C2Sc2ccccc2)C(C)(C)c2ccccc21. The number of anilines is 1. The normalized spacial score (nSPS) is 18.5. The molecular weight excluding hydrogens is 733 g/mol. The quantitative estimate of drug-likeness (QED) is 0.0695. The molecule has 0 spiro atoms. The number of rotatable bonds is 23. The molecule has 0 bridgehead atoms. The van der Waals surface area contributed by atoms with Crippen molar-refractivity contribution >= 4 is 28.8 Å². The Kier molecular flexibility index (Phi) is 17.0. The van der Waals surface area contributed by atoms with E-state index in [0.29, 0.717) is 0 Å². The van der Waals surface area contributed by atoms with Crippen LogP contribution in [0.4, 0.5) is 11.4 Å². The van der Waals surface area contributed by atoms with Crippen molar-refractivity contribution in [3.63, 3.8) is 0 Å². The lowest BCUT2D eigenvalue weighted by molar-refractivity contribution is -0.438. The Bertz CT molecular complexity index is 1950. The Labute approximate surface area is 365 Å². The summed E-state index contributed by atoms with van der Waals surface area (Å²) in [5.41, 5.74) is 11.5. The number of thioether (sulfide) groups is 1. The zero-order valence-electron chi connectivity index (χ0n) is 38.0. The number of benzene rings is 3. The third-order valence-electron chi connectivity index (χ3n) is 13.4. The molecule has 0 N–H and O–H groups in total. The number of hydrogen-bond donors (Lipinski definition) is 0. The predicted molar refractivity (Wildman–Crippen MR) is 260 cm³/mol. The van der Waals surface area contributed by atoms with Crippen molar-refractivity contribution < 1.29 is 4.58 Å². The van der Waals surface area contributed by atoms with E-state index in [1.54, 1.807) is 0 Å². The van der Waals surface area contributed by atoms with Crippen LogP contribution >= 0.6 is 11.8 Å². The minimum atomic E-state index is -0.0418. The van der Waals surface area contributed by atoms with Crippen molar-refractivity contribution in [1.82, 2.24) is 0 Å². The van der Waals surface area contributed by atoms with E-state index in [9.17, 15) is 0 Å². The van der Waals surface area contributed by atoms with Gasteiger partial charge in [0.25, 0.3) is 0 Å². The molecule has 0 amide bonds. The van der Waals surface area contributed by atoms with Gasteiger partial charge in [0.05, 0.1) is 5.41 Å². The molecule has 3 aromatic rings.